The largest absolute Gasteiger partial charge is 0.497 e. The van der Waals surface area contributed by atoms with Gasteiger partial charge in [-0.15, -0.1) is 10.2 Å². The predicted octanol–water partition coefficient (Wildman–Crippen LogP) is 1.81. The maximum atomic E-state index is 11.8. The lowest BCUT2D eigenvalue weighted by Crippen LogP contribution is -2.45. The molecule has 1 aromatic carbocycles. The summed E-state index contributed by atoms with van der Waals surface area (Å²) in [6, 6.07) is 7.75. The van der Waals surface area contributed by atoms with Crippen LogP contribution in [0, 0.1) is 0 Å². The van der Waals surface area contributed by atoms with E-state index in [0.29, 0.717) is 11.6 Å². The van der Waals surface area contributed by atoms with E-state index < -0.39 is 5.54 Å². The molecule has 0 unspecified atom stereocenters. The zero-order valence-electron chi connectivity index (χ0n) is 12.2. The highest BCUT2D eigenvalue weighted by Crippen LogP contribution is 2.21. The average molecular weight is 306 g/mol. The molecule has 0 fully saturated rings. The number of hydrogen-bond acceptors (Lipinski definition) is 6. The lowest BCUT2D eigenvalue weighted by Gasteiger charge is -2.15. The average Bonchev–Trinajstić information content (AvgIpc) is 2.85. The summed E-state index contributed by atoms with van der Waals surface area (Å²) in [5.74, 6) is 0.516. The van der Waals surface area contributed by atoms with Crippen molar-refractivity contribution >= 4 is 22.4 Å². The first-order valence-electron chi connectivity index (χ1n) is 6.44. The van der Waals surface area contributed by atoms with Crippen molar-refractivity contribution in [3.8, 4) is 5.75 Å². The maximum absolute atomic E-state index is 11.8. The third kappa shape index (κ3) is 4.24. The van der Waals surface area contributed by atoms with Gasteiger partial charge in [0.1, 0.15) is 10.8 Å². The summed E-state index contributed by atoms with van der Waals surface area (Å²) >= 11 is 1.34. The minimum absolute atomic E-state index is 0.286. The van der Waals surface area contributed by atoms with Crippen LogP contribution in [-0.2, 0) is 11.2 Å². The number of aromatic nitrogens is 2. The topological polar surface area (TPSA) is 90.1 Å². The fraction of sp³-hybridized carbons (Fsp3) is 0.357. The Morgan fingerprint density at radius 1 is 1.43 bits per heavy atom. The van der Waals surface area contributed by atoms with Crippen LogP contribution in [0.25, 0.3) is 0 Å². The van der Waals surface area contributed by atoms with Gasteiger partial charge < -0.3 is 10.5 Å². The third-order valence-corrected chi connectivity index (χ3v) is 3.60. The van der Waals surface area contributed by atoms with Crippen molar-refractivity contribution in [1.82, 2.24) is 10.2 Å². The molecule has 0 bridgehead atoms. The van der Waals surface area contributed by atoms with Gasteiger partial charge in [-0.1, -0.05) is 23.5 Å². The van der Waals surface area contributed by atoms with Gasteiger partial charge >= 0.3 is 0 Å². The Balaban J connectivity index is 2.04. The van der Waals surface area contributed by atoms with Gasteiger partial charge in [0.15, 0.2) is 0 Å². The van der Waals surface area contributed by atoms with Crippen LogP contribution in [0.15, 0.2) is 24.3 Å². The Bertz CT molecular complexity index is 634. The van der Waals surface area contributed by atoms with Crippen molar-refractivity contribution in [2.24, 2.45) is 5.73 Å². The summed E-state index contributed by atoms with van der Waals surface area (Å²) in [6.45, 7) is 3.28. The number of carbonyl (C=O) groups excluding carboxylic acids is 1. The molecule has 21 heavy (non-hydrogen) atoms. The number of nitrogens with two attached hydrogens (primary N) is 1. The van der Waals surface area contributed by atoms with E-state index in [9.17, 15) is 4.79 Å². The fourth-order valence-electron chi connectivity index (χ4n) is 1.59. The van der Waals surface area contributed by atoms with Crippen molar-refractivity contribution in [3.63, 3.8) is 0 Å². The molecule has 0 aliphatic heterocycles. The molecular formula is C14H18N4O2S. The number of hydrogen-bond donors (Lipinski definition) is 2. The number of benzene rings is 1. The lowest BCUT2D eigenvalue weighted by molar-refractivity contribution is -0.120. The SMILES string of the molecule is COc1cccc(Cc2nnc(NC(=O)C(C)(C)N)s2)c1. The molecule has 0 saturated heterocycles. The minimum atomic E-state index is -0.946. The normalized spacial score (nSPS) is 11.2. The fourth-order valence-corrected chi connectivity index (χ4v) is 2.36. The number of nitrogens with zero attached hydrogens (tertiary/aromatic N) is 2. The molecule has 2 aromatic rings. The Hall–Kier alpha value is -1.99. The lowest BCUT2D eigenvalue weighted by atomic mass is 10.1. The molecule has 7 heteroatoms. The molecule has 0 atom stereocenters. The second kappa shape index (κ2) is 6.19. The molecule has 2 rings (SSSR count). The molecule has 1 amide bonds. The van der Waals surface area contributed by atoms with Crippen LogP contribution < -0.4 is 15.8 Å². The maximum Gasteiger partial charge on any atom is 0.245 e. The molecule has 0 radical (unpaired) electrons. The number of amides is 1. The van der Waals surface area contributed by atoms with Gasteiger partial charge in [-0.3, -0.25) is 10.1 Å². The minimum Gasteiger partial charge on any atom is -0.497 e. The monoisotopic (exact) mass is 306 g/mol. The highest BCUT2D eigenvalue weighted by atomic mass is 32.1. The predicted molar refractivity (Wildman–Crippen MR) is 82.6 cm³/mol. The molecule has 0 aliphatic rings. The number of carbonyl (C=O) groups is 1. The summed E-state index contributed by atoms with van der Waals surface area (Å²) < 4.78 is 5.18. The first-order chi connectivity index (χ1) is 9.88. The van der Waals surface area contributed by atoms with Gasteiger partial charge in [0.05, 0.1) is 12.6 Å². The summed E-state index contributed by atoms with van der Waals surface area (Å²) in [5, 5.41) is 12.0. The van der Waals surface area contributed by atoms with Crippen LogP contribution in [0.4, 0.5) is 5.13 Å². The van der Waals surface area contributed by atoms with Gasteiger partial charge in [0.25, 0.3) is 0 Å². The molecule has 0 saturated carbocycles. The highest BCUT2D eigenvalue weighted by molar-refractivity contribution is 7.15. The number of rotatable bonds is 5. The van der Waals surface area contributed by atoms with Crippen molar-refractivity contribution in [2.45, 2.75) is 25.8 Å². The third-order valence-electron chi connectivity index (χ3n) is 2.76. The van der Waals surface area contributed by atoms with Crippen LogP contribution in [0.2, 0.25) is 0 Å². The summed E-state index contributed by atoms with van der Waals surface area (Å²) in [5.41, 5.74) is 5.85. The number of anilines is 1. The van der Waals surface area contributed by atoms with Crippen molar-refractivity contribution in [1.29, 1.82) is 0 Å². The molecule has 0 spiro atoms. The van der Waals surface area contributed by atoms with E-state index in [1.54, 1.807) is 21.0 Å². The van der Waals surface area contributed by atoms with Crippen LogP contribution in [0.3, 0.4) is 0 Å². The Morgan fingerprint density at radius 2 is 2.19 bits per heavy atom. The van der Waals surface area contributed by atoms with E-state index in [-0.39, 0.29) is 5.91 Å². The van der Waals surface area contributed by atoms with Gasteiger partial charge in [-0.25, -0.2) is 0 Å². The first kappa shape index (κ1) is 15.4. The first-order valence-corrected chi connectivity index (χ1v) is 7.26. The highest BCUT2D eigenvalue weighted by Gasteiger charge is 2.23. The van der Waals surface area contributed by atoms with Crippen LogP contribution in [0.1, 0.15) is 24.4 Å². The smallest absolute Gasteiger partial charge is 0.245 e. The molecular weight excluding hydrogens is 288 g/mol. The van der Waals surface area contributed by atoms with E-state index in [4.69, 9.17) is 10.5 Å². The molecule has 1 heterocycles. The van der Waals surface area contributed by atoms with Gasteiger partial charge in [0.2, 0.25) is 11.0 Å². The van der Waals surface area contributed by atoms with E-state index in [1.807, 2.05) is 24.3 Å². The zero-order chi connectivity index (χ0) is 15.5. The van der Waals surface area contributed by atoms with Crippen molar-refractivity contribution < 1.29 is 9.53 Å². The van der Waals surface area contributed by atoms with Crippen molar-refractivity contribution in [3.05, 3.63) is 34.8 Å². The zero-order valence-corrected chi connectivity index (χ0v) is 13.0. The van der Waals surface area contributed by atoms with E-state index in [2.05, 4.69) is 15.5 Å². The number of nitrogens with one attached hydrogen (secondary N) is 1. The molecule has 6 nitrogen and oxygen atoms in total. The summed E-state index contributed by atoms with van der Waals surface area (Å²) in [7, 11) is 1.63. The van der Waals surface area contributed by atoms with Gasteiger partial charge in [-0.2, -0.15) is 0 Å². The Labute approximate surface area is 127 Å². The summed E-state index contributed by atoms with van der Waals surface area (Å²) in [6.07, 6.45) is 0.636. The van der Waals surface area contributed by atoms with E-state index >= 15 is 0 Å². The van der Waals surface area contributed by atoms with Crippen LogP contribution >= 0.6 is 11.3 Å². The Morgan fingerprint density at radius 3 is 2.86 bits per heavy atom. The quantitative estimate of drug-likeness (QED) is 0.879. The molecule has 0 aliphatic carbocycles. The van der Waals surface area contributed by atoms with Crippen LogP contribution in [0.5, 0.6) is 5.75 Å². The second-order valence-corrected chi connectivity index (χ2v) is 6.27. The van der Waals surface area contributed by atoms with E-state index in [1.165, 1.54) is 11.3 Å². The second-order valence-electron chi connectivity index (χ2n) is 5.21. The number of ether oxygens (including phenoxy) is 1. The molecule has 1 aromatic heterocycles. The van der Waals surface area contributed by atoms with Crippen LogP contribution in [-0.4, -0.2) is 28.8 Å². The van der Waals surface area contributed by atoms with Gasteiger partial charge in [-0.05, 0) is 31.5 Å². The van der Waals surface area contributed by atoms with E-state index in [0.717, 1.165) is 16.3 Å². The summed E-state index contributed by atoms with van der Waals surface area (Å²) in [4.78, 5) is 11.8. The molecule has 3 N–H and O–H groups in total. The standard InChI is InChI=1S/C14H18N4O2S/c1-14(2,15)12(19)16-13-18-17-11(21-13)8-9-5-4-6-10(7-9)20-3/h4-7H,8,15H2,1-3H3,(H,16,18,19). The molecule has 112 valence electrons. The Kier molecular flexibility index (Phi) is 4.54. The number of methoxy groups -OCH3 is 1. The van der Waals surface area contributed by atoms with Crippen molar-refractivity contribution in [2.75, 3.05) is 12.4 Å². The van der Waals surface area contributed by atoms with Gasteiger partial charge in [0, 0.05) is 6.42 Å².